The Hall–Kier alpha value is -2.62. The molecule has 0 radical (unpaired) electrons. The number of nitrogens with zero attached hydrogens (tertiary/aromatic N) is 3. The fourth-order valence-electron chi connectivity index (χ4n) is 1.82. The molecule has 0 aliphatic heterocycles. The van der Waals surface area contributed by atoms with Gasteiger partial charge in [0.2, 0.25) is 5.95 Å². The lowest BCUT2D eigenvalue weighted by Crippen LogP contribution is -2.32. The van der Waals surface area contributed by atoms with E-state index in [-0.39, 0.29) is 30.3 Å². The lowest BCUT2D eigenvalue weighted by atomic mass is 10.5. The molecular formula is C10H12N5O5-. The van der Waals surface area contributed by atoms with Crippen LogP contribution in [0.15, 0.2) is 9.59 Å². The largest absolute Gasteiger partial charge is 0.548 e. The van der Waals surface area contributed by atoms with Crippen LogP contribution in [-0.2, 0) is 18.4 Å². The van der Waals surface area contributed by atoms with E-state index in [0.29, 0.717) is 0 Å². The predicted molar refractivity (Wildman–Crippen MR) is 66.2 cm³/mol. The van der Waals surface area contributed by atoms with Crippen molar-refractivity contribution >= 4 is 23.1 Å². The molecule has 0 saturated carbocycles. The number of aliphatic carboxylic acids is 1. The van der Waals surface area contributed by atoms with Crippen molar-refractivity contribution in [3.63, 3.8) is 0 Å². The molecule has 0 spiro atoms. The van der Waals surface area contributed by atoms with Crippen LogP contribution in [0, 0.1) is 0 Å². The molecule has 0 saturated heterocycles. The van der Waals surface area contributed by atoms with Crippen LogP contribution in [0.3, 0.4) is 0 Å². The van der Waals surface area contributed by atoms with Crippen molar-refractivity contribution in [1.29, 1.82) is 0 Å². The number of carbonyl (C=O) groups excluding carboxylic acids is 1. The molecule has 3 N–H and O–H groups in total. The molecule has 10 nitrogen and oxygen atoms in total. The van der Waals surface area contributed by atoms with Gasteiger partial charge in [-0.15, -0.1) is 0 Å². The average Bonchev–Trinajstić information content (AvgIpc) is 2.72. The maximum Gasteiger partial charge on any atom is 0.329 e. The number of aromatic nitrogens is 4. The molecule has 2 heterocycles. The van der Waals surface area contributed by atoms with E-state index < -0.39 is 23.8 Å². The Bertz CT molecular complexity index is 771. The Morgan fingerprint density at radius 3 is 2.80 bits per heavy atom. The van der Waals surface area contributed by atoms with Crippen molar-refractivity contribution in [3.8, 4) is 0 Å². The van der Waals surface area contributed by atoms with Gasteiger partial charge >= 0.3 is 5.69 Å². The fraction of sp³-hybridized carbons (Fsp3) is 0.400. The van der Waals surface area contributed by atoms with Crippen molar-refractivity contribution in [2.45, 2.75) is 6.54 Å². The van der Waals surface area contributed by atoms with Crippen LogP contribution >= 0.6 is 0 Å². The highest BCUT2D eigenvalue weighted by atomic mass is 16.4. The summed E-state index contributed by atoms with van der Waals surface area (Å²) in [6.45, 7) is -0.697. The third-order valence-electron chi connectivity index (χ3n) is 2.69. The molecule has 20 heavy (non-hydrogen) atoms. The molecule has 0 fully saturated rings. The first-order valence-electron chi connectivity index (χ1n) is 5.69. The van der Waals surface area contributed by atoms with Gasteiger partial charge in [-0.3, -0.25) is 18.9 Å². The number of carboxylic acids is 1. The highest BCUT2D eigenvalue weighted by molar-refractivity contribution is 5.77. The first-order valence-corrected chi connectivity index (χ1v) is 5.69. The smallest absolute Gasteiger partial charge is 0.329 e. The van der Waals surface area contributed by atoms with Gasteiger partial charge in [0.1, 0.15) is 0 Å². The van der Waals surface area contributed by atoms with Crippen LogP contribution in [0.25, 0.3) is 11.2 Å². The van der Waals surface area contributed by atoms with Gasteiger partial charge in [0, 0.05) is 13.6 Å². The van der Waals surface area contributed by atoms with E-state index in [0.717, 1.165) is 9.13 Å². The minimum Gasteiger partial charge on any atom is -0.548 e. The van der Waals surface area contributed by atoms with Crippen LogP contribution in [0.5, 0.6) is 0 Å². The van der Waals surface area contributed by atoms with E-state index in [9.17, 15) is 19.5 Å². The average molecular weight is 282 g/mol. The van der Waals surface area contributed by atoms with Gasteiger partial charge < -0.3 is 20.3 Å². The number of H-pyrrole nitrogens is 1. The summed E-state index contributed by atoms with van der Waals surface area (Å²) in [6, 6.07) is 0. The zero-order chi connectivity index (χ0) is 14.9. The van der Waals surface area contributed by atoms with E-state index in [2.05, 4.69) is 15.3 Å². The topological polar surface area (TPSA) is 145 Å². The number of aliphatic hydroxyl groups excluding tert-OH is 1. The second-order valence-electron chi connectivity index (χ2n) is 4.03. The number of aryl methyl sites for hydroxylation is 1. The highest BCUT2D eigenvalue weighted by Crippen LogP contribution is 2.14. The number of rotatable bonds is 5. The molecular weight excluding hydrogens is 270 g/mol. The zero-order valence-electron chi connectivity index (χ0n) is 10.5. The van der Waals surface area contributed by atoms with Crippen LogP contribution in [0.1, 0.15) is 0 Å². The molecule has 2 aromatic heterocycles. The Kier molecular flexibility index (Phi) is 3.57. The maximum absolute atomic E-state index is 11.8. The van der Waals surface area contributed by atoms with E-state index in [1.54, 1.807) is 0 Å². The minimum atomic E-state index is -1.41. The predicted octanol–water partition coefficient (Wildman–Crippen LogP) is -3.42. The lowest BCUT2D eigenvalue weighted by molar-refractivity contribution is -0.306. The number of carbonyl (C=O) groups is 1. The molecule has 0 aliphatic rings. The number of nitrogens with one attached hydrogen (secondary N) is 2. The Morgan fingerprint density at radius 2 is 2.20 bits per heavy atom. The van der Waals surface area contributed by atoms with E-state index in [4.69, 9.17) is 5.11 Å². The molecule has 0 amide bonds. The molecule has 0 aliphatic carbocycles. The minimum absolute atomic E-state index is 0.0421. The van der Waals surface area contributed by atoms with Crippen molar-refractivity contribution in [2.75, 3.05) is 18.5 Å². The van der Waals surface area contributed by atoms with Gasteiger partial charge in [-0.1, -0.05) is 0 Å². The zero-order valence-corrected chi connectivity index (χ0v) is 10.5. The summed E-state index contributed by atoms with van der Waals surface area (Å²) in [5, 5.41) is 22.2. The van der Waals surface area contributed by atoms with Gasteiger partial charge in [0.05, 0.1) is 19.1 Å². The maximum atomic E-state index is 11.8. The summed E-state index contributed by atoms with van der Waals surface area (Å²) in [4.78, 5) is 40.2. The molecule has 2 aromatic rings. The monoisotopic (exact) mass is 282 g/mol. The number of hydrogen-bond donors (Lipinski definition) is 3. The lowest BCUT2D eigenvalue weighted by Gasteiger charge is -2.09. The van der Waals surface area contributed by atoms with Gasteiger partial charge in [-0.05, 0) is 0 Å². The summed E-state index contributed by atoms with van der Waals surface area (Å²) < 4.78 is 2.17. The third kappa shape index (κ3) is 2.28. The number of carboxylic acid groups (broad SMARTS) is 1. The molecule has 2 rings (SSSR count). The van der Waals surface area contributed by atoms with Gasteiger partial charge in [0.25, 0.3) is 5.56 Å². The molecule has 0 unspecified atom stereocenters. The molecule has 10 heteroatoms. The third-order valence-corrected chi connectivity index (χ3v) is 2.69. The first-order chi connectivity index (χ1) is 9.45. The number of hydrogen-bond acceptors (Lipinski definition) is 7. The van der Waals surface area contributed by atoms with Crippen molar-refractivity contribution in [1.82, 2.24) is 19.1 Å². The van der Waals surface area contributed by atoms with Crippen LogP contribution in [0.4, 0.5) is 5.95 Å². The Labute approximate surface area is 111 Å². The summed E-state index contributed by atoms with van der Waals surface area (Å²) in [5.74, 6) is -1.35. The second kappa shape index (κ2) is 5.17. The van der Waals surface area contributed by atoms with Gasteiger partial charge in [-0.25, -0.2) is 4.79 Å². The quantitative estimate of drug-likeness (QED) is 0.517. The molecule has 0 bridgehead atoms. The second-order valence-corrected chi connectivity index (χ2v) is 4.03. The number of aromatic amines is 1. The Balaban J connectivity index is 2.75. The number of imidazole rings is 1. The molecule has 108 valence electrons. The molecule has 0 aromatic carbocycles. The van der Waals surface area contributed by atoms with Crippen LogP contribution < -0.4 is 21.7 Å². The fourth-order valence-corrected chi connectivity index (χ4v) is 1.82. The normalized spacial score (nSPS) is 10.9. The number of anilines is 1. The van der Waals surface area contributed by atoms with Crippen molar-refractivity contribution in [3.05, 3.63) is 20.8 Å². The highest BCUT2D eigenvalue weighted by Gasteiger charge is 2.16. The van der Waals surface area contributed by atoms with Gasteiger partial charge in [0.15, 0.2) is 11.2 Å². The molecule has 0 atom stereocenters. The summed E-state index contributed by atoms with van der Waals surface area (Å²) >= 11 is 0. The number of fused-ring (bicyclic) bond motifs is 1. The van der Waals surface area contributed by atoms with E-state index in [1.165, 1.54) is 7.05 Å². The van der Waals surface area contributed by atoms with Crippen molar-refractivity contribution in [2.24, 2.45) is 7.05 Å². The Morgan fingerprint density at radius 1 is 1.50 bits per heavy atom. The number of aliphatic hydroxyl groups is 1. The van der Waals surface area contributed by atoms with E-state index >= 15 is 0 Å². The summed E-state index contributed by atoms with van der Waals surface area (Å²) in [5.41, 5.74) is -1.42. The SMILES string of the molecule is Cn1c(=O)[nH]c(=O)c2c1nc(NCCO)n2CC(=O)[O-]. The van der Waals surface area contributed by atoms with Crippen LogP contribution in [0.2, 0.25) is 0 Å². The summed E-state index contributed by atoms with van der Waals surface area (Å²) in [6.07, 6.45) is 0. The summed E-state index contributed by atoms with van der Waals surface area (Å²) in [7, 11) is 1.40. The van der Waals surface area contributed by atoms with E-state index in [1.807, 2.05) is 0 Å². The van der Waals surface area contributed by atoms with Crippen molar-refractivity contribution < 1.29 is 15.0 Å². The standard InChI is InChI=1S/C10H13N5O5/c1-14-7-6(8(19)13-10(14)20)15(4-5(17)18)9(12-7)11-2-3-16/h16H,2-4H2,1H3,(H,11,12)(H,17,18)(H,13,19,20)/p-1. The van der Waals surface area contributed by atoms with Gasteiger partial charge in [-0.2, -0.15) is 4.98 Å². The first kappa shape index (κ1) is 13.8. The van der Waals surface area contributed by atoms with Crippen LogP contribution in [-0.4, -0.2) is 43.3 Å².